The van der Waals surface area contributed by atoms with E-state index < -0.39 is 10.1 Å². The molecule has 9 nitrogen and oxygen atoms in total. The van der Waals surface area contributed by atoms with E-state index in [2.05, 4.69) is 15.1 Å². The zero-order chi connectivity index (χ0) is 18.5. The Hall–Kier alpha value is -1.72. The van der Waals surface area contributed by atoms with E-state index in [-0.39, 0.29) is 40.5 Å². The molecule has 0 fully saturated rings. The monoisotopic (exact) mass is 397 g/mol. The van der Waals surface area contributed by atoms with Crippen LogP contribution < -0.4 is 34.3 Å². The summed E-state index contributed by atoms with van der Waals surface area (Å²) in [5.41, 5.74) is 1.08. The van der Waals surface area contributed by atoms with Crippen molar-refractivity contribution in [3.8, 4) is 28.7 Å². The van der Waals surface area contributed by atoms with E-state index in [1.807, 2.05) is 24.6 Å². The van der Waals surface area contributed by atoms with Gasteiger partial charge in [0, 0.05) is 12.2 Å². The summed E-state index contributed by atoms with van der Waals surface area (Å²) in [5.74, 6) is 1.63. The van der Waals surface area contributed by atoms with E-state index >= 15 is 0 Å². The van der Waals surface area contributed by atoms with Crippen molar-refractivity contribution in [3.63, 3.8) is 0 Å². The van der Waals surface area contributed by atoms with E-state index in [0.717, 1.165) is 0 Å². The maximum atomic E-state index is 11.4. The first-order valence-electron chi connectivity index (χ1n) is 8.05. The van der Waals surface area contributed by atoms with Crippen LogP contribution in [-0.2, 0) is 16.7 Å². The summed E-state index contributed by atoms with van der Waals surface area (Å²) >= 11 is 0. The van der Waals surface area contributed by atoms with Crippen molar-refractivity contribution in [2.75, 3.05) is 6.61 Å². The van der Waals surface area contributed by atoms with E-state index in [9.17, 15) is 13.0 Å². The molecule has 0 aliphatic carbocycles. The maximum Gasteiger partial charge on any atom is 1.00 e. The molecule has 0 unspecified atom stereocenters. The van der Waals surface area contributed by atoms with E-state index in [1.165, 1.54) is 24.5 Å². The SMILES string of the molecule is CC(C)n1ncnc1-c1cn2c(n1)-c1cc(S(=O)(=O)[O-])ccc1OCC2.[Na+]. The van der Waals surface area contributed by atoms with Gasteiger partial charge in [-0.25, -0.2) is 23.1 Å². The molecule has 0 amide bonds. The number of aromatic nitrogens is 5. The molecular formula is C16H16N5NaO4S. The van der Waals surface area contributed by atoms with Gasteiger partial charge in [0.15, 0.2) is 5.82 Å². The zero-order valence-electron chi connectivity index (χ0n) is 15.2. The molecule has 0 spiro atoms. The molecule has 0 saturated heterocycles. The first-order chi connectivity index (χ1) is 12.3. The summed E-state index contributed by atoms with van der Waals surface area (Å²) in [5, 5.41) is 4.22. The third-order valence-electron chi connectivity index (χ3n) is 4.14. The van der Waals surface area contributed by atoms with Crippen molar-refractivity contribution in [3.05, 3.63) is 30.7 Å². The van der Waals surface area contributed by atoms with Gasteiger partial charge in [0.05, 0.1) is 17.0 Å². The van der Waals surface area contributed by atoms with Crippen molar-refractivity contribution < 1.29 is 47.3 Å². The first kappa shape index (κ1) is 20.0. The summed E-state index contributed by atoms with van der Waals surface area (Å²) in [6, 6.07) is 4.15. The fourth-order valence-corrected chi connectivity index (χ4v) is 3.44. The topological polar surface area (TPSA) is 115 Å². The van der Waals surface area contributed by atoms with Crippen LogP contribution in [0.2, 0.25) is 0 Å². The summed E-state index contributed by atoms with van der Waals surface area (Å²) in [4.78, 5) is 8.59. The first-order valence-corrected chi connectivity index (χ1v) is 9.45. The van der Waals surface area contributed by atoms with E-state index in [4.69, 9.17) is 4.74 Å². The number of benzene rings is 1. The van der Waals surface area contributed by atoms with Crippen LogP contribution in [-0.4, -0.2) is 43.9 Å². The number of rotatable bonds is 3. The average Bonchev–Trinajstić information content (AvgIpc) is 3.18. The number of hydrogen-bond acceptors (Lipinski definition) is 7. The number of ether oxygens (including phenoxy) is 1. The van der Waals surface area contributed by atoms with E-state index in [0.29, 0.717) is 41.8 Å². The normalized spacial score (nSPS) is 13.3. The smallest absolute Gasteiger partial charge is 0.744 e. The van der Waals surface area contributed by atoms with Crippen molar-refractivity contribution in [1.29, 1.82) is 0 Å². The zero-order valence-corrected chi connectivity index (χ0v) is 18.0. The summed E-state index contributed by atoms with van der Waals surface area (Å²) in [7, 11) is -4.57. The molecule has 3 aromatic rings. The third kappa shape index (κ3) is 3.67. The van der Waals surface area contributed by atoms with Crippen LogP contribution >= 0.6 is 0 Å². The second-order valence-electron chi connectivity index (χ2n) is 6.23. The molecule has 3 heterocycles. The van der Waals surface area contributed by atoms with Gasteiger partial charge in [-0.15, -0.1) is 0 Å². The van der Waals surface area contributed by atoms with Gasteiger partial charge in [-0.05, 0) is 32.0 Å². The minimum atomic E-state index is -4.57. The number of nitrogens with zero attached hydrogens (tertiary/aromatic N) is 5. The predicted molar refractivity (Wildman–Crippen MR) is 90.5 cm³/mol. The van der Waals surface area contributed by atoms with Gasteiger partial charge in [-0.2, -0.15) is 5.10 Å². The van der Waals surface area contributed by atoms with Crippen LogP contribution in [0.25, 0.3) is 22.9 Å². The van der Waals surface area contributed by atoms with Crippen molar-refractivity contribution in [2.45, 2.75) is 31.3 Å². The van der Waals surface area contributed by atoms with Crippen molar-refractivity contribution in [2.24, 2.45) is 0 Å². The van der Waals surface area contributed by atoms with Gasteiger partial charge in [0.1, 0.15) is 40.3 Å². The van der Waals surface area contributed by atoms with Gasteiger partial charge in [0.25, 0.3) is 0 Å². The number of imidazole rings is 1. The molecule has 11 heteroatoms. The summed E-state index contributed by atoms with van der Waals surface area (Å²) in [6.07, 6.45) is 3.30. The average molecular weight is 397 g/mol. The molecule has 0 N–H and O–H groups in total. The van der Waals surface area contributed by atoms with Crippen LogP contribution in [0.15, 0.2) is 35.6 Å². The predicted octanol–water partition coefficient (Wildman–Crippen LogP) is -1.31. The molecule has 1 aliphatic heterocycles. The molecular weight excluding hydrogens is 381 g/mol. The minimum Gasteiger partial charge on any atom is -0.744 e. The summed E-state index contributed by atoms with van der Waals surface area (Å²) < 4.78 is 43.4. The van der Waals surface area contributed by atoms with Crippen molar-refractivity contribution >= 4 is 10.1 Å². The van der Waals surface area contributed by atoms with Gasteiger partial charge in [-0.3, -0.25) is 0 Å². The molecule has 0 radical (unpaired) electrons. The van der Waals surface area contributed by atoms with Crippen LogP contribution in [0, 0.1) is 0 Å². The Labute approximate surface area is 178 Å². The Kier molecular flexibility index (Phi) is 5.46. The Morgan fingerprint density at radius 1 is 1.26 bits per heavy atom. The number of hydrogen-bond donors (Lipinski definition) is 0. The van der Waals surface area contributed by atoms with Gasteiger partial charge < -0.3 is 13.9 Å². The van der Waals surface area contributed by atoms with Crippen LogP contribution in [0.5, 0.6) is 5.75 Å². The fraction of sp³-hybridized carbons (Fsp3) is 0.312. The Morgan fingerprint density at radius 2 is 2.04 bits per heavy atom. The standard InChI is InChI=1S/C16H17N5O4S.Na/c1-10(2)21-16(17-9-18-21)13-8-20-5-6-25-14-4-3-11(26(22,23)24)7-12(14)15(20)19-13;/h3-4,7-10H,5-6H2,1-2H3,(H,22,23,24);/q;+1/p-1. The molecule has 1 aromatic carbocycles. The van der Waals surface area contributed by atoms with Gasteiger partial charge in [0.2, 0.25) is 0 Å². The number of fused-ring (bicyclic) bond motifs is 3. The Morgan fingerprint density at radius 3 is 2.74 bits per heavy atom. The molecule has 136 valence electrons. The van der Waals surface area contributed by atoms with Crippen LogP contribution in [0.4, 0.5) is 0 Å². The second kappa shape index (κ2) is 7.36. The van der Waals surface area contributed by atoms with Crippen LogP contribution in [0.3, 0.4) is 0 Å². The molecule has 0 atom stereocenters. The quantitative estimate of drug-likeness (QED) is 0.398. The van der Waals surface area contributed by atoms with E-state index in [1.54, 1.807) is 4.68 Å². The molecule has 2 aromatic heterocycles. The maximum absolute atomic E-state index is 11.4. The molecule has 0 bridgehead atoms. The molecule has 27 heavy (non-hydrogen) atoms. The largest absolute Gasteiger partial charge is 1.00 e. The second-order valence-corrected chi connectivity index (χ2v) is 7.61. The molecule has 4 rings (SSSR count). The summed E-state index contributed by atoms with van der Waals surface area (Å²) in [6.45, 7) is 4.92. The van der Waals surface area contributed by atoms with Crippen molar-refractivity contribution in [1.82, 2.24) is 24.3 Å². The minimum absolute atomic E-state index is 0. The van der Waals surface area contributed by atoms with Gasteiger partial charge in [-0.1, -0.05) is 0 Å². The Bertz CT molecular complexity index is 1090. The third-order valence-corrected chi connectivity index (χ3v) is 4.97. The Balaban J connectivity index is 0.00000210. The van der Waals surface area contributed by atoms with Gasteiger partial charge >= 0.3 is 29.6 Å². The fourth-order valence-electron chi connectivity index (χ4n) is 2.94. The molecule has 1 aliphatic rings. The molecule has 0 saturated carbocycles. The van der Waals surface area contributed by atoms with Crippen LogP contribution in [0.1, 0.15) is 19.9 Å².